The molecule has 2 aromatic carbocycles. The fraction of sp³-hybridized carbons (Fsp3) is 0.316. The van der Waals surface area contributed by atoms with Crippen LogP contribution < -0.4 is 0 Å². The number of hydrogen-bond donors (Lipinski definition) is 1. The lowest BCUT2D eigenvalue weighted by Crippen LogP contribution is -2.46. The Morgan fingerprint density at radius 3 is 2.52 bits per heavy atom. The van der Waals surface area contributed by atoms with Crippen molar-refractivity contribution in [2.45, 2.75) is 32.9 Å². The maximum absolute atomic E-state index is 13.1. The first-order valence-corrected chi connectivity index (χ1v) is 8.16. The molecule has 1 amide bonds. The van der Waals surface area contributed by atoms with Crippen molar-refractivity contribution >= 4 is 11.6 Å². The maximum atomic E-state index is 13.1. The molecule has 6 heteroatoms. The second-order valence-corrected chi connectivity index (χ2v) is 6.45. The van der Waals surface area contributed by atoms with Crippen LogP contribution in [0.1, 0.15) is 32.6 Å². The smallest absolute Gasteiger partial charge is 0.282 e. The van der Waals surface area contributed by atoms with Crippen LogP contribution in [-0.4, -0.2) is 33.5 Å². The molecule has 0 unspecified atom stereocenters. The van der Waals surface area contributed by atoms with E-state index < -0.39 is 10.8 Å². The average molecular weight is 340 g/mol. The quantitative estimate of drug-likeness (QED) is 0.688. The van der Waals surface area contributed by atoms with Gasteiger partial charge >= 0.3 is 0 Å². The fourth-order valence-electron chi connectivity index (χ4n) is 3.27. The molecule has 1 atom stereocenters. The van der Waals surface area contributed by atoms with Crippen molar-refractivity contribution in [2.75, 3.05) is 6.61 Å². The number of hydrogen-bond acceptors (Lipinski definition) is 4. The van der Waals surface area contributed by atoms with Crippen molar-refractivity contribution < 1.29 is 14.8 Å². The lowest BCUT2D eigenvalue weighted by molar-refractivity contribution is -0.385. The Hall–Kier alpha value is -2.73. The highest BCUT2D eigenvalue weighted by molar-refractivity contribution is 5.98. The van der Waals surface area contributed by atoms with E-state index >= 15 is 0 Å². The first kappa shape index (κ1) is 17.1. The zero-order chi connectivity index (χ0) is 18.1. The van der Waals surface area contributed by atoms with Crippen LogP contribution in [0.3, 0.4) is 0 Å². The van der Waals surface area contributed by atoms with E-state index in [1.165, 1.54) is 6.07 Å². The highest BCUT2D eigenvalue weighted by Crippen LogP contribution is 2.29. The van der Waals surface area contributed by atoms with Gasteiger partial charge in [0.1, 0.15) is 5.56 Å². The van der Waals surface area contributed by atoms with Gasteiger partial charge in [0.25, 0.3) is 11.6 Å². The minimum Gasteiger partial charge on any atom is -0.394 e. The molecule has 1 heterocycles. The molecule has 0 bridgehead atoms. The van der Waals surface area contributed by atoms with E-state index in [0.717, 1.165) is 22.3 Å². The molecular weight excluding hydrogens is 320 g/mol. The highest BCUT2D eigenvalue weighted by Gasteiger charge is 2.33. The van der Waals surface area contributed by atoms with Gasteiger partial charge in [-0.2, -0.15) is 0 Å². The van der Waals surface area contributed by atoms with Crippen LogP contribution in [0, 0.1) is 24.0 Å². The lowest BCUT2D eigenvalue weighted by atomic mass is 9.93. The number of nitrogens with zero attached hydrogens (tertiary/aromatic N) is 2. The van der Waals surface area contributed by atoms with Crippen LogP contribution in [0.2, 0.25) is 0 Å². The van der Waals surface area contributed by atoms with Crippen molar-refractivity contribution in [1.29, 1.82) is 0 Å². The van der Waals surface area contributed by atoms with Gasteiger partial charge in [-0.25, -0.2) is 0 Å². The van der Waals surface area contributed by atoms with Gasteiger partial charge in [0, 0.05) is 12.6 Å². The van der Waals surface area contributed by atoms with E-state index in [-0.39, 0.29) is 23.9 Å². The fourth-order valence-corrected chi connectivity index (χ4v) is 3.27. The minimum absolute atomic E-state index is 0.0749. The van der Waals surface area contributed by atoms with Crippen molar-refractivity contribution in [1.82, 2.24) is 4.90 Å². The predicted molar refractivity (Wildman–Crippen MR) is 93.5 cm³/mol. The van der Waals surface area contributed by atoms with Gasteiger partial charge in [0.2, 0.25) is 0 Å². The molecule has 2 aromatic rings. The molecule has 0 spiro atoms. The third-order valence-corrected chi connectivity index (χ3v) is 4.87. The Balaban J connectivity index is 2.03. The van der Waals surface area contributed by atoms with Gasteiger partial charge in [-0.3, -0.25) is 14.9 Å². The molecule has 6 nitrogen and oxygen atoms in total. The number of nitro groups is 1. The molecule has 0 aromatic heterocycles. The van der Waals surface area contributed by atoms with Gasteiger partial charge in [-0.1, -0.05) is 24.3 Å². The minimum atomic E-state index is -0.522. The number of nitro benzene ring substituents is 1. The predicted octanol–water partition coefficient (Wildman–Crippen LogP) is 2.77. The summed E-state index contributed by atoms with van der Waals surface area (Å²) in [6, 6.07) is 10.4. The van der Waals surface area contributed by atoms with Crippen LogP contribution in [0.25, 0.3) is 0 Å². The number of carbonyl (C=O) groups is 1. The number of amides is 1. The van der Waals surface area contributed by atoms with E-state index in [1.807, 2.05) is 31.2 Å². The van der Waals surface area contributed by atoms with Gasteiger partial charge in [-0.05, 0) is 48.6 Å². The summed E-state index contributed by atoms with van der Waals surface area (Å²) in [7, 11) is 0. The van der Waals surface area contributed by atoms with E-state index in [2.05, 4.69) is 0 Å². The van der Waals surface area contributed by atoms with Crippen LogP contribution in [0.4, 0.5) is 5.69 Å². The number of aliphatic hydroxyl groups excluding tert-OH is 1. The molecule has 0 saturated carbocycles. The average Bonchev–Trinajstić information content (AvgIpc) is 2.61. The largest absolute Gasteiger partial charge is 0.394 e. The maximum Gasteiger partial charge on any atom is 0.282 e. The standard InChI is InChI=1S/C19H20N2O4/c1-12-7-17(18(21(24)25)8-13(12)2)19(23)20-10-15-6-4-3-5-14(15)9-16(20)11-22/h3-8,16,22H,9-11H2,1-2H3/t16-/m0/s1. The van der Waals surface area contributed by atoms with Crippen molar-refractivity contribution in [3.8, 4) is 0 Å². The Labute approximate surface area is 145 Å². The molecule has 130 valence electrons. The Bertz CT molecular complexity index is 847. The molecule has 0 radical (unpaired) electrons. The summed E-state index contributed by atoms with van der Waals surface area (Å²) in [6.07, 6.45) is 0.539. The second-order valence-electron chi connectivity index (χ2n) is 6.45. The Morgan fingerprint density at radius 2 is 1.88 bits per heavy atom. The topological polar surface area (TPSA) is 83.7 Å². The number of aryl methyl sites for hydroxylation is 2. The summed E-state index contributed by atoms with van der Waals surface area (Å²) in [5.41, 5.74) is 3.58. The van der Waals surface area contributed by atoms with Crippen LogP contribution in [0.5, 0.6) is 0 Å². The van der Waals surface area contributed by atoms with Gasteiger partial charge in [0.05, 0.1) is 17.6 Å². The lowest BCUT2D eigenvalue weighted by Gasteiger charge is -2.36. The molecule has 3 rings (SSSR count). The molecular formula is C19H20N2O4. The third-order valence-electron chi connectivity index (χ3n) is 4.87. The number of benzene rings is 2. The van der Waals surface area contributed by atoms with E-state index in [9.17, 15) is 20.0 Å². The highest BCUT2D eigenvalue weighted by atomic mass is 16.6. The molecule has 0 fully saturated rings. The molecule has 1 N–H and O–H groups in total. The molecule has 1 aliphatic rings. The van der Waals surface area contributed by atoms with Gasteiger partial charge in [0.15, 0.2) is 0 Å². The number of carbonyl (C=O) groups excluding carboxylic acids is 1. The summed E-state index contributed by atoms with van der Waals surface area (Å²) in [5, 5.41) is 21.1. The summed E-state index contributed by atoms with van der Waals surface area (Å²) in [5.74, 6) is -0.414. The van der Waals surface area contributed by atoms with Crippen molar-refractivity contribution in [3.05, 3.63) is 74.3 Å². The summed E-state index contributed by atoms with van der Waals surface area (Å²) in [6.45, 7) is 3.76. The van der Waals surface area contributed by atoms with Gasteiger partial charge < -0.3 is 10.0 Å². The zero-order valence-electron chi connectivity index (χ0n) is 14.2. The van der Waals surface area contributed by atoms with Crippen molar-refractivity contribution in [3.63, 3.8) is 0 Å². The van der Waals surface area contributed by atoms with Crippen molar-refractivity contribution in [2.24, 2.45) is 0 Å². The van der Waals surface area contributed by atoms with Crippen LogP contribution >= 0.6 is 0 Å². The van der Waals surface area contributed by atoms with Crippen LogP contribution in [-0.2, 0) is 13.0 Å². The Morgan fingerprint density at radius 1 is 1.24 bits per heavy atom. The van der Waals surface area contributed by atoms with Gasteiger partial charge in [-0.15, -0.1) is 0 Å². The molecule has 25 heavy (non-hydrogen) atoms. The second kappa shape index (κ2) is 6.64. The third kappa shape index (κ3) is 3.13. The van der Waals surface area contributed by atoms with E-state index in [0.29, 0.717) is 13.0 Å². The Kier molecular flexibility index (Phi) is 4.55. The molecule has 0 aliphatic carbocycles. The summed E-state index contributed by atoms with van der Waals surface area (Å²) < 4.78 is 0. The number of aliphatic hydroxyl groups is 1. The monoisotopic (exact) mass is 340 g/mol. The number of rotatable bonds is 3. The van der Waals surface area contributed by atoms with Crippen LogP contribution in [0.15, 0.2) is 36.4 Å². The first-order valence-electron chi connectivity index (χ1n) is 8.16. The summed E-state index contributed by atoms with van der Waals surface area (Å²) >= 11 is 0. The van der Waals surface area contributed by atoms with E-state index in [4.69, 9.17) is 0 Å². The summed E-state index contributed by atoms with van der Waals surface area (Å²) in [4.78, 5) is 25.5. The van der Waals surface area contributed by atoms with E-state index in [1.54, 1.807) is 17.9 Å². The molecule has 1 aliphatic heterocycles. The number of fused-ring (bicyclic) bond motifs is 1. The molecule has 0 saturated heterocycles. The zero-order valence-corrected chi connectivity index (χ0v) is 14.2. The first-order chi connectivity index (χ1) is 11.9. The normalized spacial score (nSPS) is 16.4. The SMILES string of the molecule is Cc1cc(C(=O)N2Cc3ccccc3C[C@H]2CO)c([N+](=O)[O-])cc1C.